The van der Waals surface area contributed by atoms with E-state index in [1.165, 1.54) is 19.1 Å². The van der Waals surface area contributed by atoms with Crippen LogP contribution in [-0.4, -0.2) is 37.9 Å². The molecule has 144 valence electrons. The first kappa shape index (κ1) is 20.6. The highest BCUT2D eigenvalue weighted by molar-refractivity contribution is 7.90. The van der Waals surface area contributed by atoms with Crippen LogP contribution >= 0.6 is 0 Å². The van der Waals surface area contributed by atoms with Crippen LogP contribution in [0.1, 0.15) is 24.5 Å². The molecule has 6 nitrogen and oxygen atoms in total. The number of sulfone groups is 1. The summed E-state index contributed by atoms with van der Waals surface area (Å²) in [7, 11) is -3.29. The molecule has 0 radical (unpaired) electrons. The van der Waals surface area contributed by atoms with Gasteiger partial charge in [-0.15, -0.1) is 0 Å². The van der Waals surface area contributed by atoms with E-state index < -0.39 is 9.84 Å². The fraction of sp³-hybridized carbons (Fsp3) is 0.300. The highest BCUT2D eigenvalue weighted by Gasteiger charge is 2.14. The van der Waals surface area contributed by atoms with E-state index in [1.807, 2.05) is 30.3 Å². The maximum absolute atomic E-state index is 12.3. The predicted molar refractivity (Wildman–Crippen MR) is 105 cm³/mol. The lowest BCUT2D eigenvalue weighted by Crippen LogP contribution is -2.31. The third-order valence-electron chi connectivity index (χ3n) is 4.17. The first-order valence-corrected chi connectivity index (χ1v) is 10.5. The summed E-state index contributed by atoms with van der Waals surface area (Å²) < 4.78 is 23.2. The van der Waals surface area contributed by atoms with Gasteiger partial charge in [-0.05, 0) is 36.2 Å². The monoisotopic (exact) mass is 388 g/mol. The van der Waals surface area contributed by atoms with Gasteiger partial charge in [0.05, 0.1) is 4.90 Å². The van der Waals surface area contributed by atoms with Gasteiger partial charge in [-0.2, -0.15) is 0 Å². The van der Waals surface area contributed by atoms with Gasteiger partial charge in [0.2, 0.25) is 11.8 Å². The number of benzene rings is 2. The summed E-state index contributed by atoms with van der Waals surface area (Å²) in [5.74, 6) is -0.329. The minimum Gasteiger partial charge on any atom is -0.338 e. The van der Waals surface area contributed by atoms with Gasteiger partial charge in [-0.25, -0.2) is 8.42 Å². The molecular formula is C20H24N2O4S. The van der Waals surface area contributed by atoms with Crippen LogP contribution in [-0.2, 0) is 26.0 Å². The van der Waals surface area contributed by atoms with Crippen molar-refractivity contribution in [3.05, 3.63) is 59.7 Å². The number of hydrogen-bond acceptors (Lipinski definition) is 4. The van der Waals surface area contributed by atoms with Crippen LogP contribution in [0.2, 0.25) is 0 Å². The van der Waals surface area contributed by atoms with Gasteiger partial charge in [-0.1, -0.05) is 30.3 Å². The molecule has 7 heteroatoms. The van der Waals surface area contributed by atoms with Crippen molar-refractivity contribution in [1.82, 2.24) is 4.90 Å². The summed E-state index contributed by atoms with van der Waals surface area (Å²) in [6.45, 7) is 3.97. The van der Waals surface area contributed by atoms with Crippen molar-refractivity contribution in [2.24, 2.45) is 0 Å². The van der Waals surface area contributed by atoms with E-state index in [0.717, 1.165) is 11.8 Å². The Balaban J connectivity index is 1.97. The number of nitrogens with one attached hydrogen (secondary N) is 1. The molecule has 0 saturated heterocycles. The van der Waals surface area contributed by atoms with Gasteiger partial charge < -0.3 is 10.2 Å². The van der Waals surface area contributed by atoms with E-state index in [1.54, 1.807) is 17.9 Å². The van der Waals surface area contributed by atoms with Crippen LogP contribution < -0.4 is 5.32 Å². The fourth-order valence-corrected chi connectivity index (χ4v) is 3.31. The Morgan fingerprint density at radius 1 is 1.07 bits per heavy atom. The minimum atomic E-state index is -3.29. The number of hydrogen-bond donors (Lipinski definition) is 1. The topological polar surface area (TPSA) is 83.6 Å². The highest BCUT2D eigenvalue weighted by Crippen LogP contribution is 2.20. The quantitative estimate of drug-likeness (QED) is 0.791. The summed E-state index contributed by atoms with van der Waals surface area (Å²) in [4.78, 5) is 25.9. The van der Waals surface area contributed by atoms with Gasteiger partial charge in [0.25, 0.3) is 0 Å². The Bertz CT molecular complexity index is 924. The van der Waals surface area contributed by atoms with Crippen LogP contribution in [0.15, 0.2) is 53.4 Å². The average Bonchev–Trinajstić information content (AvgIpc) is 2.60. The number of nitrogens with zero attached hydrogens (tertiary/aromatic N) is 1. The number of anilines is 1. The fourth-order valence-electron chi connectivity index (χ4n) is 2.61. The SMILES string of the molecule is CC(=O)N(CCC(=O)Nc1ccc(S(C)(=O)=O)cc1C)Cc1ccccc1. The maximum Gasteiger partial charge on any atom is 0.226 e. The van der Waals surface area contributed by atoms with Crippen LogP contribution in [0.4, 0.5) is 5.69 Å². The number of amides is 2. The standard InChI is InChI=1S/C20H24N2O4S/c1-15-13-18(27(3,25)26)9-10-19(15)21-20(24)11-12-22(16(2)23)14-17-7-5-4-6-8-17/h4-10,13H,11-12,14H2,1-3H3,(H,21,24). The van der Waals surface area contributed by atoms with Crippen LogP contribution in [0.5, 0.6) is 0 Å². The molecule has 0 aliphatic heterocycles. The number of rotatable bonds is 7. The largest absolute Gasteiger partial charge is 0.338 e. The Hall–Kier alpha value is -2.67. The van der Waals surface area contributed by atoms with Crippen molar-refractivity contribution in [1.29, 1.82) is 0 Å². The molecule has 0 fully saturated rings. The second-order valence-electron chi connectivity index (χ2n) is 6.47. The predicted octanol–water partition coefficient (Wildman–Crippen LogP) is 2.78. The van der Waals surface area contributed by atoms with E-state index in [9.17, 15) is 18.0 Å². The molecule has 1 N–H and O–H groups in total. The third-order valence-corrected chi connectivity index (χ3v) is 5.28. The Morgan fingerprint density at radius 3 is 2.30 bits per heavy atom. The lowest BCUT2D eigenvalue weighted by Gasteiger charge is -2.21. The summed E-state index contributed by atoms with van der Waals surface area (Å²) in [6, 6.07) is 14.2. The average molecular weight is 388 g/mol. The van der Waals surface area contributed by atoms with E-state index >= 15 is 0 Å². The molecule has 0 heterocycles. The normalized spacial score (nSPS) is 11.1. The molecule has 0 aliphatic carbocycles. The highest BCUT2D eigenvalue weighted by atomic mass is 32.2. The third kappa shape index (κ3) is 6.21. The Labute approximate surface area is 160 Å². The molecule has 27 heavy (non-hydrogen) atoms. The maximum atomic E-state index is 12.3. The van der Waals surface area contributed by atoms with Crippen LogP contribution in [0, 0.1) is 6.92 Å². The van der Waals surface area contributed by atoms with Crippen LogP contribution in [0.3, 0.4) is 0 Å². The smallest absolute Gasteiger partial charge is 0.226 e. The molecule has 0 saturated carbocycles. The van der Waals surface area contributed by atoms with Crippen molar-refractivity contribution in [3.8, 4) is 0 Å². The molecule has 2 aromatic carbocycles. The zero-order valence-corrected chi connectivity index (χ0v) is 16.5. The molecule has 2 amide bonds. The first-order valence-electron chi connectivity index (χ1n) is 8.57. The Kier molecular flexibility index (Phi) is 6.74. The number of carbonyl (C=O) groups excluding carboxylic acids is 2. The summed E-state index contributed by atoms with van der Waals surface area (Å²) in [6.07, 6.45) is 1.29. The molecule has 0 spiro atoms. The minimum absolute atomic E-state index is 0.0969. The molecule has 0 unspecified atom stereocenters. The van der Waals surface area contributed by atoms with Crippen molar-refractivity contribution in [2.45, 2.75) is 31.7 Å². The summed E-state index contributed by atoms with van der Waals surface area (Å²) >= 11 is 0. The van der Waals surface area contributed by atoms with Crippen molar-refractivity contribution >= 4 is 27.3 Å². The summed E-state index contributed by atoms with van der Waals surface area (Å²) in [5.41, 5.74) is 2.23. The molecular weight excluding hydrogens is 364 g/mol. The zero-order valence-electron chi connectivity index (χ0n) is 15.7. The summed E-state index contributed by atoms with van der Waals surface area (Å²) in [5, 5.41) is 2.78. The molecule has 0 atom stereocenters. The molecule has 2 aromatic rings. The number of carbonyl (C=O) groups is 2. The second kappa shape index (κ2) is 8.81. The lowest BCUT2D eigenvalue weighted by molar-refractivity contribution is -0.129. The van der Waals surface area contributed by atoms with Gasteiger partial charge in [0, 0.05) is 38.4 Å². The second-order valence-corrected chi connectivity index (χ2v) is 8.49. The van der Waals surface area contributed by atoms with Gasteiger partial charge in [0.15, 0.2) is 9.84 Å². The van der Waals surface area contributed by atoms with Crippen molar-refractivity contribution in [3.63, 3.8) is 0 Å². The molecule has 2 rings (SSSR count). The Morgan fingerprint density at radius 2 is 1.74 bits per heavy atom. The lowest BCUT2D eigenvalue weighted by atomic mass is 10.2. The van der Waals surface area contributed by atoms with E-state index in [4.69, 9.17) is 0 Å². The van der Waals surface area contributed by atoms with Crippen molar-refractivity contribution in [2.75, 3.05) is 18.1 Å². The van der Waals surface area contributed by atoms with E-state index in [-0.39, 0.29) is 23.1 Å². The van der Waals surface area contributed by atoms with E-state index in [2.05, 4.69) is 5.32 Å². The molecule has 0 aliphatic rings. The number of aryl methyl sites for hydroxylation is 1. The van der Waals surface area contributed by atoms with Crippen molar-refractivity contribution < 1.29 is 18.0 Å². The van der Waals surface area contributed by atoms with Gasteiger partial charge in [-0.3, -0.25) is 9.59 Å². The van der Waals surface area contributed by atoms with Gasteiger partial charge in [0.1, 0.15) is 0 Å². The molecule has 0 bridgehead atoms. The van der Waals surface area contributed by atoms with Crippen LogP contribution in [0.25, 0.3) is 0 Å². The molecule has 0 aromatic heterocycles. The van der Waals surface area contributed by atoms with Gasteiger partial charge >= 0.3 is 0 Å². The zero-order chi connectivity index (χ0) is 20.0. The first-order chi connectivity index (χ1) is 12.7. The van der Waals surface area contributed by atoms with E-state index in [0.29, 0.717) is 24.3 Å².